The summed E-state index contributed by atoms with van der Waals surface area (Å²) in [5.41, 5.74) is 1.43. The zero-order chi connectivity index (χ0) is 24.7. The number of thioether (sulfide) groups is 1. The van der Waals surface area contributed by atoms with Crippen LogP contribution in [-0.2, 0) is 0 Å². The van der Waals surface area contributed by atoms with Gasteiger partial charge in [-0.25, -0.2) is 0 Å². The molecule has 0 N–H and O–H groups in total. The second-order valence-electron chi connectivity index (χ2n) is 7.05. The summed E-state index contributed by atoms with van der Waals surface area (Å²) in [6.45, 7) is 7.57. The van der Waals surface area contributed by atoms with Crippen molar-refractivity contribution in [2.75, 3.05) is 26.9 Å². The number of hydrogen-bond donors (Lipinski definition) is 0. The van der Waals surface area contributed by atoms with Crippen molar-refractivity contribution >= 4 is 23.4 Å². The lowest BCUT2D eigenvalue weighted by Crippen LogP contribution is -2.12. The number of methoxy groups -OCH3 is 1. The second kappa shape index (κ2) is 11.8. The third-order valence-electron chi connectivity index (χ3n) is 4.74. The van der Waals surface area contributed by atoms with Crippen LogP contribution in [0, 0.1) is 17.0 Å². The van der Waals surface area contributed by atoms with Gasteiger partial charge in [0.15, 0.2) is 16.7 Å². The predicted molar refractivity (Wildman–Crippen MR) is 131 cm³/mol. The average Bonchev–Trinajstić information content (AvgIpc) is 3.17. The van der Waals surface area contributed by atoms with E-state index in [9.17, 15) is 10.1 Å². The second-order valence-corrected chi connectivity index (χ2v) is 8.62. The number of halogens is 1. The topological polar surface area (TPSA) is 102 Å². The van der Waals surface area contributed by atoms with E-state index in [2.05, 4.69) is 16.8 Å². The fourth-order valence-corrected chi connectivity index (χ4v) is 4.67. The molecule has 0 unspecified atom stereocenters. The fraction of sp³-hybridized carbons (Fsp3) is 0.304. The van der Waals surface area contributed by atoms with Gasteiger partial charge in [0.05, 0.1) is 18.7 Å². The van der Waals surface area contributed by atoms with Crippen molar-refractivity contribution in [3.63, 3.8) is 0 Å². The van der Waals surface area contributed by atoms with Gasteiger partial charge in [0, 0.05) is 10.6 Å². The maximum absolute atomic E-state index is 11.5. The number of aromatic nitrogens is 3. The van der Waals surface area contributed by atoms with Crippen LogP contribution in [0.1, 0.15) is 23.6 Å². The van der Waals surface area contributed by atoms with E-state index in [1.54, 1.807) is 25.3 Å². The van der Waals surface area contributed by atoms with E-state index in [4.69, 9.17) is 25.8 Å². The maximum atomic E-state index is 11.5. The smallest absolute Gasteiger partial charge is 0.220 e. The molecule has 1 heterocycles. The molecule has 11 heteroatoms. The Morgan fingerprint density at radius 1 is 1.26 bits per heavy atom. The Morgan fingerprint density at radius 3 is 2.62 bits per heavy atom. The van der Waals surface area contributed by atoms with Crippen LogP contribution in [0.2, 0.25) is 5.02 Å². The first-order valence-electron chi connectivity index (χ1n) is 10.4. The van der Waals surface area contributed by atoms with Gasteiger partial charge in [-0.15, -0.1) is 10.2 Å². The summed E-state index contributed by atoms with van der Waals surface area (Å²) in [5.74, 6) is 2.14. The normalized spacial score (nSPS) is 11.6. The highest BCUT2D eigenvalue weighted by Gasteiger charge is 2.26. The van der Waals surface area contributed by atoms with Crippen LogP contribution in [0.15, 0.2) is 54.2 Å². The predicted octanol–water partition coefficient (Wildman–Crippen LogP) is 5.31. The minimum absolute atomic E-state index is 0.246. The molecule has 0 radical (unpaired) electrons. The van der Waals surface area contributed by atoms with E-state index in [1.807, 2.05) is 42.7 Å². The van der Waals surface area contributed by atoms with Crippen molar-refractivity contribution in [2.24, 2.45) is 0 Å². The molecular formula is C23H25ClN4O5S. The molecule has 9 nitrogen and oxygen atoms in total. The number of hydrogen-bond acceptors (Lipinski definition) is 8. The average molecular weight is 505 g/mol. The van der Waals surface area contributed by atoms with Crippen LogP contribution in [0.5, 0.6) is 17.2 Å². The van der Waals surface area contributed by atoms with Gasteiger partial charge in [-0.05, 0) is 55.8 Å². The van der Waals surface area contributed by atoms with Gasteiger partial charge < -0.3 is 14.2 Å². The van der Waals surface area contributed by atoms with E-state index in [0.717, 1.165) is 5.69 Å². The summed E-state index contributed by atoms with van der Waals surface area (Å²) >= 11 is 7.71. The first-order chi connectivity index (χ1) is 16.4. The first-order valence-corrected chi connectivity index (χ1v) is 11.7. The molecule has 0 spiro atoms. The summed E-state index contributed by atoms with van der Waals surface area (Å²) in [6, 6.07) is 10.8. The van der Waals surface area contributed by atoms with Gasteiger partial charge in [-0.1, -0.05) is 36.0 Å². The van der Waals surface area contributed by atoms with Gasteiger partial charge in [0.2, 0.25) is 6.54 Å². The van der Waals surface area contributed by atoms with Gasteiger partial charge in [-0.3, -0.25) is 14.7 Å². The van der Waals surface area contributed by atoms with Crippen molar-refractivity contribution in [2.45, 2.75) is 24.3 Å². The van der Waals surface area contributed by atoms with Crippen molar-refractivity contribution in [3.05, 3.63) is 75.6 Å². The molecule has 0 fully saturated rings. The number of nitrogens with zero attached hydrogens (tertiary/aromatic N) is 4. The van der Waals surface area contributed by atoms with Gasteiger partial charge in [0.25, 0.3) is 0 Å². The quantitative estimate of drug-likeness (QED) is 0.141. The van der Waals surface area contributed by atoms with Crippen LogP contribution in [0.3, 0.4) is 0 Å². The summed E-state index contributed by atoms with van der Waals surface area (Å²) in [4.78, 5) is 11.2. The molecule has 0 aliphatic heterocycles. The monoisotopic (exact) mass is 504 g/mol. The third kappa shape index (κ3) is 6.00. The Balaban J connectivity index is 2.01. The number of benzene rings is 2. The summed E-state index contributed by atoms with van der Waals surface area (Å²) in [7, 11) is 1.60. The van der Waals surface area contributed by atoms with Crippen molar-refractivity contribution in [1.29, 1.82) is 0 Å². The van der Waals surface area contributed by atoms with E-state index >= 15 is 0 Å². The summed E-state index contributed by atoms with van der Waals surface area (Å²) in [5, 5.41) is 20.2. The number of nitro groups is 1. The molecular weight excluding hydrogens is 480 g/mol. The molecule has 0 saturated heterocycles. The SMILES string of the molecule is C=CCOc1c(Cl)cc([C@H](C[N+](=O)[O-])Sc2nnc(C)n2-c2ccc(OC)cc2)cc1OCC. The molecule has 3 aromatic rings. The van der Waals surface area contributed by atoms with Crippen LogP contribution in [0.4, 0.5) is 0 Å². The Hall–Kier alpha value is -3.24. The van der Waals surface area contributed by atoms with Gasteiger partial charge in [0.1, 0.15) is 23.4 Å². The van der Waals surface area contributed by atoms with Crippen molar-refractivity contribution < 1.29 is 19.1 Å². The Kier molecular flexibility index (Phi) is 8.78. The molecule has 0 aliphatic carbocycles. The number of rotatable bonds is 12. The molecule has 0 amide bonds. The molecule has 0 bridgehead atoms. The molecule has 1 atom stereocenters. The van der Waals surface area contributed by atoms with Gasteiger partial charge in [-0.2, -0.15) is 0 Å². The highest BCUT2D eigenvalue weighted by Crippen LogP contribution is 2.43. The van der Waals surface area contributed by atoms with Crippen LogP contribution >= 0.6 is 23.4 Å². The van der Waals surface area contributed by atoms with Crippen molar-refractivity contribution in [1.82, 2.24) is 14.8 Å². The number of aryl methyl sites for hydroxylation is 1. The molecule has 2 aromatic carbocycles. The molecule has 3 rings (SSSR count). The van der Waals surface area contributed by atoms with E-state index < -0.39 is 5.25 Å². The lowest BCUT2D eigenvalue weighted by Gasteiger charge is -2.18. The zero-order valence-corrected chi connectivity index (χ0v) is 20.6. The third-order valence-corrected chi connectivity index (χ3v) is 6.20. The zero-order valence-electron chi connectivity index (χ0n) is 19.1. The lowest BCUT2D eigenvalue weighted by molar-refractivity contribution is -0.479. The lowest BCUT2D eigenvalue weighted by atomic mass is 10.1. The minimum atomic E-state index is -0.610. The first kappa shape index (κ1) is 25.4. The molecule has 0 aliphatic rings. The Labute approximate surface area is 206 Å². The van der Waals surface area contributed by atoms with E-state index in [1.165, 1.54) is 11.8 Å². The summed E-state index contributed by atoms with van der Waals surface area (Å²) in [6.07, 6.45) is 1.60. The number of ether oxygens (including phenoxy) is 3. The molecule has 180 valence electrons. The fourth-order valence-electron chi connectivity index (χ4n) is 3.24. The molecule has 1 aromatic heterocycles. The van der Waals surface area contributed by atoms with E-state index in [0.29, 0.717) is 45.4 Å². The van der Waals surface area contributed by atoms with Crippen LogP contribution < -0.4 is 14.2 Å². The Bertz CT molecular complexity index is 1150. The summed E-state index contributed by atoms with van der Waals surface area (Å²) < 4.78 is 18.4. The minimum Gasteiger partial charge on any atom is -0.497 e. The van der Waals surface area contributed by atoms with E-state index in [-0.39, 0.29) is 18.1 Å². The van der Waals surface area contributed by atoms with Crippen molar-refractivity contribution in [3.8, 4) is 22.9 Å². The standard InChI is InChI=1S/C23H25ClN4O5S/c1-5-11-33-22-19(24)12-16(13-20(22)32-6-2)21(14-27(29)30)34-23-26-25-15(3)28(23)17-7-9-18(31-4)10-8-17/h5,7-10,12-13,21H,1,6,11,14H2,2-4H3/t21-/m0/s1. The molecule has 0 saturated carbocycles. The van der Waals surface area contributed by atoms with Crippen LogP contribution in [0.25, 0.3) is 5.69 Å². The largest absolute Gasteiger partial charge is 0.497 e. The van der Waals surface area contributed by atoms with Gasteiger partial charge >= 0.3 is 0 Å². The molecule has 34 heavy (non-hydrogen) atoms. The maximum Gasteiger partial charge on any atom is 0.220 e. The highest BCUT2D eigenvalue weighted by atomic mass is 35.5. The highest BCUT2D eigenvalue weighted by molar-refractivity contribution is 7.99. The van der Waals surface area contributed by atoms with Crippen LogP contribution in [-0.4, -0.2) is 46.6 Å². The Morgan fingerprint density at radius 2 is 2.00 bits per heavy atom.